The Labute approximate surface area is 114 Å². The third-order valence-electron chi connectivity index (χ3n) is 3.97. The van der Waals surface area contributed by atoms with E-state index in [0.717, 1.165) is 0 Å². The molecule has 0 saturated heterocycles. The van der Waals surface area contributed by atoms with Gasteiger partial charge in [0.2, 0.25) is 0 Å². The van der Waals surface area contributed by atoms with Crippen LogP contribution in [0.4, 0.5) is 0 Å². The van der Waals surface area contributed by atoms with E-state index in [2.05, 4.69) is 0 Å². The van der Waals surface area contributed by atoms with Gasteiger partial charge in [0.1, 0.15) is 0 Å². The van der Waals surface area contributed by atoms with Crippen molar-refractivity contribution in [3.63, 3.8) is 0 Å². The van der Waals surface area contributed by atoms with E-state index in [1.165, 1.54) is 6.92 Å². The molecule has 1 aliphatic carbocycles. The van der Waals surface area contributed by atoms with Crippen molar-refractivity contribution in [3.8, 4) is 0 Å². The molecular formula is C12H16O8. The molecule has 0 aliphatic heterocycles. The predicted octanol–water partition coefficient (Wildman–Crippen LogP) is 0.219. The van der Waals surface area contributed by atoms with E-state index in [-0.39, 0.29) is 6.42 Å². The summed E-state index contributed by atoms with van der Waals surface area (Å²) in [5, 5.41) is 36.5. The summed E-state index contributed by atoms with van der Waals surface area (Å²) in [7, 11) is 0. The van der Waals surface area contributed by atoms with Crippen molar-refractivity contribution in [1.82, 2.24) is 0 Å². The lowest BCUT2D eigenvalue weighted by Gasteiger charge is -2.40. The lowest BCUT2D eigenvalue weighted by atomic mass is 9.61. The normalized spacial score (nSPS) is 33.4. The standard InChI is InChI=1S/C12H16O8/c1-2-4-7(11(17)18)5(9(13)14)3-6(10(15)16)8(4)12(19)20/h4-8H,2-3H2,1H3,(H,13,14)(H,15,16)(H,17,18)(H,19,20). The first kappa shape index (κ1) is 15.9. The van der Waals surface area contributed by atoms with Gasteiger partial charge in [0, 0.05) is 0 Å². The summed E-state index contributed by atoms with van der Waals surface area (Å²) in [6, 6.07) is 0. The van der Waals surface area contributed by atoms with Crippen molar-refractivity contribution >= 4 is 23.9 Å². The lowest BCUT2D eigenvalue weighted by Crippen LogP contribution is -2.50. The number of carboxylic acids is 4. The second kappa shape index (κ2) is 5.89. The number of aliphatic carboxylic acids is 4. The maximum absolute atomic E-state index is 11.3. The largest absolute Gasteiger partial charge is 0.481 e. The number of carboxylic acid groups (broad SMARTS) is 4. The number of hydrogen-bond donors (Lipinski definition) is 4. The molecule has 8 heteroatoms. The topological polar surface area (TPSA) is 149 Å². The molecule has 4 unspecified atom stereocenters. The van der Waals surface area contributed by atoms with E-state index >= 15 is 0 Å². The zero-order valence-electron chi connectivity index (χ0n) is 10.7. The SMILES string of the molecule is CCC1C(C(=O)O)C(C(=O)O)CC(C(=O)O)C1C(=O)O. The van der Waals surface area contributed by atoms with E-state index in [0.29, 0.717) is 0 Å². The van der Waals surface area contributed by atoms with Crippen LogP contribution in [0, 0.1) is 29.6 Å². The van der Waals surface area contributed by atoms with Crippen molar-refractivity contribution < 1.29 is 39.6 Å². The average Bonchev–Trinajstić information content (AvgIpc) is 2.34. The van der Waals surface area contributed by atoms with Crippen molar-refractivity contribution in [1.29, 1.82) is 0 Å². The van der Waals surface area contributed by atoms with Gasteiger partial charge >= 0.3 is 23.9 Å². The monoisotopic (exact) mass is 288 g/mol. The van der Waals surface area contributed by atoms with Gasteiger partial charge in [-0.1, -0.05) is 13.3 Å². The Bertz CT molecular complexity index is 405. The first-order valence-corrected chi connectivity index (χ1v) is 6.13. The van der Waals surface area contributed by atoms with Crippen molar-refractivity contribution in [2.75, 3.05) is 0 Å². The van der Waals surface area contributed by atoms with E-state index in [1.54, 1.807) is 0 Å². The van der Waals surface area contributed by atoms with Crippen LogP contribution in [0.5, 0.6) is 0 Å². The zero-order valence-corrected chi connectivity index (χ0v) is 10.7. The molecule has 0 amide bonds. The van der Waals surface area contributed by atoms with Crippen LogP contribution in [0.15, 0.2) is 0 Å². The second-order valence-corrected chi connectivity index (χ2v) is 4.93. The minimum Gasteiger partial charge on any atom is -0.481 e. The molecule has 0 radical (unpaired) electrons. The van der Waals surface area contributed by atoms with E-state index in [1.807, 2.05) is 0 Å². The first-order valence-electron chi connectivity index (χ1n) is 6.13. The molecule has 8 nitrogen and oxygen atoms in total. The van der Waals surface area contributed by atoms with Crippen LogP contribution >= 0.6 is 0 Å². The van der Waals surface area contributed by atoms with Crippen LogP contribution in [0.3, 0.4) is 0 Å². The maximum atomic E-state index is 11.3. The van der Waals surface area contributed by atoms with Gasteiger partial charge < -0.3 is 20.4 Å². The molecule has 1 fully saturated rings. The molecule has 0 heterocycles. The summed E-state index contributed by atoms with van der Waals surface area (Å²) in [6.07, 6.45) is -0.406. The molecule has 0 spiro atoms. The van der Waals surface area contributed by atoms with Crippen LogP contribution in [-0.2, 0) is 19.2 Å². The second-order valence-electron chi connectivity index (χ2n) is 4.93. The van der Waals surface area contributed by atoms with Crippen LogP contribution in [0.1, 0.15) is 19.8 Å². The van der Waals surface area contributed by atoms with Gasteiger partial charge in [-0.3, -0.25) is 19.2 Å². The van der Waals surface area contributed by atoms with E-state index in [4.69, 9.17) is 10.2 Å². The van der Waals surface area contributed by atoms with Crippen LogP contribution < -0.4 is 0 Å². The quantitative estimate of drug-likeness (QED) is 0.561. The number of rotatable bonds is 5. The zero-order chi connectivity index (χ0) is 15.6. The van der Waals surface area contributed by atoms with E-state index in [9.17, 15) is 29.4 Å². The van der Waals surface area contributed by atoms with Gasteiger partial charge in [-0.2, -0.15) is 0 Å². The van der Waals surface area contributed by atoms with Crippen molar-refractivity contribution in [3.05, 3.63) is 0 Å². The van der Waals surface area contributed by atoms with Gasteiger partial charge in [-0.25, -0.2) is 0 Å². The Balaban J connectivity index is 3.31. The van der Waals surface area contributed by atoms with Crippen molar-refractivity contribution in [2.45, 2.75) is 19.8 Å². The highest BCUT2D eigenvalue weighted by atomic mass is 16.4. The molecule has 20 heavy (non-hydrogen) atoms. The van der Waals surface area contributed by atoms with E-state index < -0.39 is 59.9 Å². The summed E-state index contributed by atoms with van der Waals surface area (Å²) in [5.74, 6) is -12.2. The minimum atomic E-state index is -1.41. The molecule has 1 rings (SSSR count). The number of carbonyl (C=O) groups is 4. The number of hydrogen-bond acceptors (Lipinski definition) is 4. The highest BCUT2D eigenvalue weighted by Gasteiger charge is 2.54. The molecule has 0 aromatic carbocycles. The molecule has 0 aromatic heterocycles. The highest BCUT2D eigenvalue weighted by molar-refractivity contribution is 5.86. The van der Waals surface area contributed by atoms with Crippen LogP contribution in [0.2, 0.25) is 0 Å². The molecule has 1 saturated carbocycles. The van der Waals surface area contributed by atoms with Gasteiger partial charge in [-0.05, 0) is 12.3 Å². The predicted molar refractivity (Wildman–Crippen MR) is 62.9 cm³/mol. The fraction of sp³-hybridized carbons (Fsp3) is 0.667. The molecule has 0 aromatic rings. The van der Waals surface area contributed by atoms with Crippen LogP contribution in [-0.4, -0.2) is 44.3 Å². The maximum Gasteiger partial charge on any atom is 0.307 e. The highest BCUT2D eigenvalue weighted by Crippen LogP contribution is 2.44. The average molecular weight is 288 g/mol. The summed E-state index contributed by atoms with van der Waals surface area (Å²) in [4.78, 5) is 44.9. The summed E-state index contributed by atoms with van der Waals surface area (Å²) >= 11 is 0. The molecule has 4 atom stereocenters. The van der Waals surface area contributed by atoms with Gasteiger partial charge in [0.15, 0.2) is 0 Å². The Morgan fingerprint density at radius 3 is 1.35 bits per heavy atom. The first-order chi connectivity index (χ1) is 9.22. The smallest absolute Gasteiger partial charge is 0.307 e. The van der Waals surface area contributed by atoms with Crippen molar-refractivity contribution in [2.24, 2.45) is 29.6 Å². The van der Waals surface area contributed by atoms with Gasteiger partial charge in [0.05, 0.1) is 23.7 Å². The molecular weight excluding hydrogens is 272 g/mol. The summed E-state index contributed by atoms with van der Waals surface area (Å²) in [6.45, 7) is 1.53. The minimum absolute atomic E-state index is 0.0848. The van der Waals surface area contributed by atoms with Gasteiger partial charge in [0.25, 0.3) is 0 Å². The molecule has 112 valence electrons. The molecule has 4 N–H and O–H groups in total. The molecule has 0 bridgehead atoms. The Morgan fingerprint density at radius 1 is 0.800 bits per heavy atom. The Morgan fingerprint density at radius 2 is 1.15 bits per heavy atom. The fourth-order valence-electron chi connectivity index (χ4n) is 3.11. The summed E-state index contributed by atoms with van der Waals surface area (Å²) < 4.78 is 0. The lowest BCUT2D eigenvalue weighted by molar-refractivity contribution is -0.174. The Kier molecular flexibility index (Phi) is 4.69. The third-order valence-corrected chi connectivity index (χ3v) is 3.97. The Hall–Kier alpha value is -2.12. The third kappa shape index (κ3) is 2.73. The van der Waals surface area contributed by atoms with Crippen LogP contribution in [0.25, 0.3) is 0 Å². The fourth-order valence-corrected chi connectivity index (χ4v) is 3.11. The van der Waals surface area contributed by atoms with Gasteiger partial charge in [-0.15, -0.1) is 0 Å². The molecule has 1 aliphatic rings. The summed E-state index contributed by atoms with van der Waals surface area (Å²) in [5.41, 5.74) is 0.